The first-order chi connectivity index (χ1) is 11.8. The number of aryl methyl sites for hydroxylation is 1. The number of nitrogens with zero attached hydrogens (tertiary/aromatic N) is 1. The van der Waals surface area contributed by atoms with Crippen LogP contribution in [0, 0.1) is 5.82 Å². The molecule has 8 heteroatoms. The zero-order valence-corrected chi connectivity index (χ0v) is 14.6. The Balaban J connectivity index is 2.60. The Morgan fingerprint density at radius 2 is 1.92 bits per heavy atom. The number of rotatable bonds is 7. The highest BCUT2D eigenvalue weighted by atomic mass is 32.2. The van der Waals surface area contributed by atoms with Gasteiger partial charge in [-0.15, -0.1) is 0 Å². The quantitative estimate of drug-likeness (QED) is 0.813. The molecule has 0 atom stereocenters. The van der Waals surface area contributed by atoms with Gasteiger partial charge in [0.2, 0.25) is 0 Å². The molecule has 0 fully saturated rings. The molecule has 2 aromatic carbocycles. The highest BCUT2D eigenvalue weighted by molar-refractivity contribution is 7.92. The fourth-order valence-corrected chi connectivity index (χ4v) is 3.87. The highest BCUT2D eigenvalue weighted by Crippen LogP contribution is 2.29. The molecule has 0 aromatic heterocycles. The molecule has 0 aliphatic rings. The smallest absolute Gasteiger partial charge is 0.324 e. The fourth-order valence-electron chi connectivity index (χ4n) is 2.41. The largest absolute Gasteiger partial charge is 0.494 e. The topological polar surface area (TPSA) is 83.9 Å². The summed E-state index contributed by atoms with van der Waals surface area (Å²) in [5.74, 6) is -2.26. The minimum absolute atomic E-state index is 0.0994. The summed E-state index contributed by atoms with van der Waals surface area (Å²) in [6.45, 7) is 1.06. The molecule has 0 radical (unpaired) electrons. The first-order valence-electron chi connectivity index (χ1n) is 7.47. The van der Waals surface area contributed by atoms with E-state index in [1.807, 2.05) is 6.92 Å². The average molecular weight is 367 g/mol. The van der Waals surface area contributed by atoms with Gasteiger partial charge in [0.15, 0.2) is 11.6 Å². The van der Waals surface area contributed by atoms with Crippen LogP contribution in [-0.2, 0) is 21.2 Å². The van der Waals surface area contributed by atoms with Gasteiger partial charge in [0.25, 0.3) is 10.0 Å². The van der Waals surface area contributed by atoms with Crippen LogP contribution in [-0.4, -0.2) is 33.1 Å². The predicted molar refractivity (Wildman–Crippen MR) is 90.9 cm³/mol. The standard InChI is InChI=1S/C17H18FNO5S/c1-3-12-6-4-5-7-15(12)19(11-17(20)21)25(22,23)13-8-9-16(24-2)14(18)10-13/h4-10H,3,11H2,1-2H3,(H,20,21). The van der Waals surface area contributed by atoms with E-state index in [-0.39, 0.29) is 16.3 Å². The summed E-state index contributed by atoms with van der Waals surface area (Å²) in [4.78, 5) is 10.9. The van der Waals surface area contributed by atoms with Crippen LogP contribution >= 0.6 is 0 Å². The predicted octanol–water partition coefficient (Wildman–Crippen LogP) is 2.68. The van der Waals surface area contributed by atoms with Crippen LogP contribution in [0.3, 0.4) is 0 Å². The van der Waals surface area contributed by atoms with E-state index in [4.69, 9.17) is 9.84 Å². The molecule has 2 rings (SSSR count). The second-order valence-corrected chi connectivity index (χ2v) is 7.05. The Hall–Kier alpha value is -2.61. The SMILES string of the molecule is CCc1ccccc1N(CC(=O)O)S(=O)(=O)c1ccc(OC)c(F)c1. The van der Waals surface area contributed by atoms with E-state index in [9.17, 15) is 17.6 Å². The molecule has 0 amide bonds. The summed E-state index contributed by atoms with van der Waals surface area (Å²) in [5, 5.41) is 9.16. The molecule has 1 N–H and O–H groups in total. The van der Waals surface area contributed by atoms with Gasteiger partial charge >= 0.3 is 5.97 Å². The third-order valence-corrected chi connectivity index (χ3v) is 5.39. The normalized spacial score (nSPS) is 11.2. The van der Waals surface area contributed by atoms with E-state index in [0.29, 0.717) is 12.0 Å². The van der Waals surface area contributed by atoms with Gasteiger partial charge in [0, 0.05) is 0 Å². The molecular formula is C17H18FNO5S. The second kappa shape index (κ2) is 7.52. The van der Waals surface area contributed by atoms with Crippen molar-refractivity contribution in [3.63, 3.8) is 0 Å². The Kier molecular flexibility index (Phi) is 5.63. The molecular weight excluding hydrogens is 349 g/mol. The third kappa shape index (κ3) is 3.90. The Labute approximate surface area is 145 Å². The summed E-state index contributed by atoms with van der Waals surface area (Å²) in [7, 11) is -3.01. The number of halogens is 1. The number of para-hydroxylation sites is 1. The number of aliphatic carboxylic acids is 1. The third-order valence-electron chi connectivity index (χ3n) is 3.63. The summed E-state index contributed by atoms with van der Waals surface area (Å²) < 4.78 is 45.4. The summed E-state index contributed by atoms with van der Waals surface area (Å²) in [6, 6.07) is 9.78. The molecule has 0 saturated carbocycles. The maximum Gasteiger partial charge on any atom is 0.324 e. The van der Waals surface area contributed by atoms with Crippen molar-refractivity contribution in [2.24, 2.45) is 0 Å². The molecule has 0 heterocycles. The van der Waals surface area contributed by atoms with Crippen molar-refractivity contribution in [1.82, 2.24) is 0 Å². The molecule has 25 heavy (non-hydrogen) atoms. The minimum Gasteiger partial charge on any atom is -0.494 e. The Morgan fingerprint density at radius 3 is 2.48 bits per heavy atom. The number of ether oxygens (including phenoxy) is 1. The van der Waals surface area contributed by atoms with Gasteiger partial charge < -0.3 is 9.84 Å². The van der Waals surface area contributed by atoms with Crippen LogP contribution in [0.25, 0.3) is 0 Å². The lowest BCUT2D eigenvalue weighted by molar-refractivity contribution is -0.135. The van der Waals surface area contributed by atoms with E-state index in [0.717, 1.165) is 10.4 Å². The first-order valence-corrected chi connectivity index (χ1v) is 8.91. The Morgan fingerprint density at radius 1 is 1.24 bits per heavy atom. The molecule has 134 valence electrons. The molecule has 0 saturated heterocycles. The summed E-state index contributed by atoms with van der Waals surface area (Å²) >= 11 is 0. The number of hydrogen-bond donors (Lipinski definition) is 1. The molecule has 0 aliphatic heterocycles. The van der Waals surface area contributed by atoms with Gasteiger partial charge in [-0.2, -0.15) is 0 Å². The molecule has 6 nitrogen and oxygen atoms in total. The lowest BCUT2D eigenvalue weighted by Gasteiger charge is -2.25. The van der Waals surface area contributed by atoms with Gasteiger partial charge in [-0.25, -0.2) is 12.8 Å². The number of benzene rings is 2. The maximum atomic E-state index is 13.9. The number of carboxylic acid groups (broad SMARTS) is 1. The first kappa shape index (κ1) is 18.7. The number of anilines is 1. The number of carbonyl (C=O) groups is 1. The molecule has 0 aliphatic carbocycles. The number of hydrogen-bond acceptors (Lipinski definition) is 4. The van der Waals surface area contributed by atoms with E-state index >= 15 is 0 Å². The van der Waals surface area contributed by atoms with Crippen LogP contribution in [0.15, 0.2) is 47.4 Å². The average Bonchev–Trinajstić information content (AvgIpc) is 2.59. The van der Waals surface area contributed by atoms with Crippen LogP contribution in [0.2, 0.25) is 0 Å². The van der Waals surface area contributed by atoms with Crippen molar-refractivity contribution in [3.8, 4) is 5.75 Å². The number of carboxylic acids is 1. The lowest BCUT2D eigenvalue weighted by atomic mass is 10.1. The van der Waals surface area contributed by atoms with Crippen LogP contribution in [0.4, 0.5) is 10.1 Å². The van der Waals surface area contributed by atoms with Crippen molar-refractivity contribution >= 4 is 21.7 Å². The van der Waals surface area contributed by atoms with Crippen molar-refractivity contribution in [3.05, 3.63) is 53.8 Å². The number of sulfonamides is 1. The second-order valence-electron chi connectivity index (χ2n) is 5.18. The van der Waals surface area contributed by atoms with E-state index in [1.165, 1.54) is 25.3 Å². The zero-order valence-electron chi connectivity index (χ0n) is 13.8. The van der Waals surface area contributed by atoms with Crippen molar-refractivity contribution in [2.45, 2.75) is 18.2 Å². The van der Waals surface area contributed by atoms with E-state index in [1.54, 1.807) is 18.2 Å². The van der Waals surface area contributed by atoms with Crippen LogP contribution < -0.4 is 9.04 Å². The molecule has 0 bridgehead atoms. The van der Waals surface area contributed by atoms with Crippen LogP contribution in [0.5, 0.6) is 5.75 Å². The van der Waals surface area contributed by atoms with E-state index in [2.05, 4.69) is 0 Å². The maximum absolute atomic E-state index is 13.9. The van der Waals surface area contributed by atoms with E-state index < -0.39 is 28.4 Å². The van der Waals surface area contributed by atoms with Crippen molar-refractivity contribution < 1.29 is 27.4 Å². The molecule has 0 spiro atoms. The van der Waals surface area contributed by atoms with Gasteiger partial charge in [-0.05, 0) is 36.2 Å². The fraction of sp³-hybridized carbons (Fsp3) is 0.235. The highest BCUT2D eigenvalue weighted by Gasteiger charge is 2.29. The van der Waals surface area contributed by atoms with Gasteiger partial charge in [-0.1, -0.05) is 25.1 Å². The number of methoxy groups -OCH3 is 1. The lowest BCUT2D eigenvalue weighted by Crippen LogP contribution is -2.36. The minimum atomic E-state index is -4.27. The van der Waals surface area contributed by atoms with Crippen molar-refractivity contribution in [1.29, 1.82) is 0 Å². The van der Waals surface area contributed by atoms with Crippen molar-refractivity contribution in [2.75, 3.05) is 18.0 Å². The summed E-state index contributed by atoms with van der Waals surface area (Å²) in [5.41, 5.74) is 0.921. The Bertz CT molecular complexity index is 882. The van der Waals surface area contributed by atoms with Gasteiger partial charge in [-0.3, -0.25) is 9.10 Å². The van der Waals surface area contributed by atoms with Gasteiger partial charge in [0.1, 0.15) is 6.54 Å². The zero-order chi connectivity index (χ0) is 18.6. The molecule has 2 aromatic rings. The van der Waals surface area contributed by atoms with Gasteiger partial charge in [0.05, 0.1) is 17.7 Å². The molecule has 0 unspecified atom stereocenters. The van der Waals surface area contributed by atoms with Crippen LogP contribution in [0.1, 0.15) is 12.5 Å². The monoisotopic (exact) mass is 367 g/mol. The summed E-state index contributed by atoms with van der Waals surface area (Å²) in [6.07, 6.45) is 0.513.